The fraction of sp³-hybridized carbons (Fsp3) is 0.917. The number of likely N-dealkylation sites (N-methyl/N-ethyl adjacent to an activating group) is 2. The van der Waals surface area contributed by atoms with Crippen LogP contribution in [0.2, 0.25) is 0 Å². The first-order valence-corrected chi connectivity index (χ1v) is 6.44. The number of carbonyl (C=O) groups is 1. The molecule has 16 heavy (non-hydrogen) atoms. The molecule has 2 heterocycles. The minimum absolute atomic E-state index is 0.0803. The number of nitrogens with one attached hydrogen (secondary N) is 1. The van der Waals surface area contributed by atoms with Gasteiger partial charge in [0.2, 0.25) is 5.91 Å². The van der Waals surface area contributed by atoms with Crippen LogP contribution >= 0.6 is 0 Å². The van der Waals surface area contributed by atoms with Crippen molar-refractivity contribution >= 4 is 5.91 Å². The number of hydrogen-bond acceptors (Lipinski definition) is 3. The van der Waals surface area contributed by atoms with Gasteiger partial charge in [0.1, 0.15) is 0 Å². The lowest BCUT2D eigenvalue weighted by molar-refractivity contribution is -0.129. The zero-order chi connectivity index (χ0) is 11.5. The first-order valence-electron chi connectivity index (χ1n) is 6.44. The average molecular weight is 225 g/mol. The van der Waals surface area contributed by atoms with Crippen LogP contribution in [0.3, 0.4) is 0 Å². The van der Waals surface area contributed by atoms with Gasteiger partial charge in [-0.25, -0.2) is 0 Å². The molecule has 0 bridgehead atoms. The van der Waals surface area contributed by atoms with E-state index in [-0.39, 0.29) is 6.04 Å². The second-order valence-electron chi connectivity index (χ2n) is 4.96. The van der Waals surface area contributed by atoms with E-state index in [1.165, 1.54) is 19.4 Å². The smallest absolute Gasteiger partial charge is 0.239 e. The molecule has 0 aromatic heterocycles. The Morgan fingerprint density at radius 2 is 2.19 bits per heavy atom. The Bertz CT molecular complexity index is 257. The van der Waals surface area contributed by atoms with Crippen LogP contribution in [0.4, 0.5) is 0 Å². The number of carbonyl (C=O) groups excluding carboxylic acids is 1. The lowest BCUT2D eigenvalue weighted by atomic mass is 10.2. The highest BCUT2D eigenvalue weighted by Crippen LogP contribution is 2.19. The van der Waals surface area contributed by atoms with E-state index >= 15 is 0 Å². The van der Waals surface area contributed by atoms with Gasteiger partial charge in [-0.1, -0.05) is 6.92 Å². The van der Waals surface area contributed by atoms with E-state index in [2.05, 4.69) is 24.2 Å². The molecule has 2 atom stereocenters. The van der Waals surface area contributed by atoms with Crippen LogP contribution in [0.25, 0.3) is 0 Å². The molecular weight excluding hydrogens is 202 g/mol. The fourth-order valence-electron chi connectivity index (χ4n) is 2.82. The van der Waals surface area contributed by atoms with Crippen LogP contribution in [-0.4, -0.2) is 61.0 Å². The molecule has 1 N–H and O–H groups in total. The molecule has 0 radical (unpaired) electrons. The normalized spacial score (nSPS) is 31.6. The Labute approximate surface area is 98.0 Å². The average Bonchev–Trinajstić information content (AvgIpc) is 2.80. The van der Waals surface area contributed by atoms with Crippen LogP contribution in [-0.2, 0) is 4.79 Å². The molecule has 0 spiro atoms. The highest BCUT2D eigenvalue weighted by atomic mass is 16.2. The molecule has 4 nitrogen and oxygen atoms in total. The van der Waals surface area contributed by atoms with E-state index in [1.54, 1.807) is 0 Å². The predicted octanol–water partition coefficient (Wildman–Crippen LogP) is 0.291. The maximum absolute atomic E-state index is 12.0. The number of hydrogen-bond donors (Lipinski definition) is 1. The van der Waals surface area contributed by atoms with Crippen LogP contribution in [0, 0.1) is 0 Å². The van der Waals surface area contributed by atoms with E-state index in [0.29, 0.717) is 11.9 Å². The van der Waals surface area contributed by atoms with Gasteiger partial charge in [0.15, 0.2) is 0 Å². The summed E-state index contributed by atoms with van der Waals surface area (Å²) in [5.41, 5.74) is 0. The molecule has 92 valence electrons. The minimum Gasteiger partial charge on any atom is -0.340 e. The largest absolute Gasteiger partial charge is 0.340 e. The lowest BCUT2D eigenvalue weighted by Gasteiger charge is -2.25. The van der Waals surface area contributed by atoms with Crippen molar-refractivity contribution < 1.29 is 4.79 Å². The third-order valence-electron chi connectivity index (χ3n) is 3.85. The van der Waals surface area contributed by atoms with E-state index < -0.39 is 0 Å². The molecule has 0 aromatic rings. The van der Waals surface area contributed by atoms with Gasteiger partial charge < -0.3 is 15.1 Å². The van der Waals surface area contributed by atoms with E-state index in [9.17, 15) is 4.79 Å². The quantitative estimate of drug-likeness (QED) is 0.747. The summed E-state index contributed by atoms with van der Waals surface area (Å²) in [6.45, 7) is 5.98. The van der Waals surface area contributed by atoms with E-state index in [4.69, 9.17) is 0 Å². The second-order valence-corrected chi connectivity index (χ2v) is 4.96. The van der Waals surface area contributed by atoms with E-state index in [0.717, 1.165) is 26.1 Å². The molecule has 1 amide bonds. The van der Waals surface area contributed by atoms with Gasteiger partial charge >= 0.3 is 0 Å². The molecule has 2 unspecified atom stereocenters. The van der Waals surface area contributed by atoms with Crippen LogP contribution in [0.1, 0.15) is 26.2 Å². The summed E-state index contributed by atoms with van der Waals surface area (Å²) in [6.07, 6.45) is 3.50. The molecule has 0 aromatic carbocycles. The zero-order valence-corrected chi connectivity index (χ0v) is 10.4. The Morgan fingerprint density at radius 3 is 2.81 bits per heavy atom. The lowest BCUT2D eigenvalue weighted by Crippen LogP contribution is -2.43. The highest BCUT2D eigenvalue weighted by Gasteiger charge is 2.33. The summed E-state index contributed by atoms with van der Waals surface area (Å²) < 4.78 is 0. The van der Waals surface area contributed by atoms with Gasteiger partial charge in [0.05, 0.1) is 6.04 Å². The zero-order valence-electron chi connectivity index (χ0n) is 10.4. The van der Waals surface area contributed by atoms with Crippen molar-refractivity contribution in [2.45, 2.75) is 38.3 Å². The molecule has 2 rings (SSSR count). The van der Waals surface area contributed by atoms with Crippen LogP contribution in [0.15, 0.2) is 0 Å². The molecule has 0 saturated carbocycles. The molecule has 2 aliphatic heterocycles. The summed E-state index contributed by atoms with van der Waals surface area (Å²) in [4.78, 5) is 16.5. The fourth-order valence-corrected chi connectivity index (χ4v) is 2.82. The number of rotatable bonds is 4. The Hall–Kier alpha value is -0.610. The van der Waals surface area contributed by atoms with Crippen molar-refractivity contribution in [3.63, 3.8) is 0 Å². The number of nitrogens with zero attached hydrogens (tertiary/aromatic N) is 2. The first-order chi connectivity index (χ1) is 7.72. The predicted molar refractivity (Wildman–Crippen MR) is 64.3 cm³/mol. The highest BCUT2D eigenvalue weighted by molar-refractivity contribution is 5.84. The third-order valence-corrected chi connectivity index (χ3v) is 3.85. The molecule has 0 aliphatic carbocycles. The van der Waals surface area contributed by atoms with Crippen molar-refractivity contribution in [1.29, 1.82) is 0 Å². The SMILES string of the molecule is CCNC1CCN(CC2CCCN2C)C1=O. The van der Waals surface area contributed by atoms with Gasteiger partial charge in [-0.3, -0.25) is 4.79 Å². The van der Waals surface area contributed by atoms with Gasteiger partial charge in [0.25, 0.3) is 0 Å². The molecule has 2 aliphatic rings. The van der Waals surface area contributed by atoms with Gasteiger partial charge in [-0.15, -0.1) is 0 Å². The summed E-state index contributed by atoms with van der Waals surface area (Å²) in [6, 6.07) is 0.668. The van der Waals surface area contributed by atoms with E-state index in [1.807, 2.05) is 4.90 Å². The summed E-state index contributed by atoms with van der Waals surface area (Å²) in [5, 5.41) is 3.26. The topological polar surface area (TPSA) is 35.6 Å². The van der Waals surface area contributed by atoms with Gasteiger partial charge in [-0.2, -0.15) is 0 Å². The second kappa shape index (κ2) is 5.15. The summed E-state index contributed by atoms with van der Waals surface area (Å²) in [5.74, 6) is 0.308. The molecule has 2 fully saturated rings. The maximum Gasteiger partial charge on any atom is 0.239 e. The van der Waals surface area contributed by atoms with Crippen LogP contribution < -0.4 is 5.32 Å². The Morgan fingerprint density at radius 1 is 1.38 bits per heavy atom. The van der Waals surface area contributed by atoms with Gasteiger partial charge in [-0.05, 0) is 39.4 Å². The molecule has 2 saturated heterocycles. The Kier molecular flexibility index (Phi) is 3.82. The van der Waals surface area contributed by atoms with Crippen molar-refractivity contribution in [3.05, 3.63) is 0 Å². The maximum atomic E-state index is 12.0. The van der Waals surface area contributed by atoms with Crippen molar-refractivity contribution in [3.8, 4) is 0 Å². The Balaban J connectivity index is 1.85. The standard InChI is InChI=1S/C12H23N3O/c1-3-13-11-6-8-15(12(11)16)9-10-5-4-7-14(10)2/h10-11,13H,3-9H2,1-2H3. The minimum atomic E-state index is 0.0803. The molecular formula is C12H23N3O. The number of amides is 1. The van der Waals surface area contributed by atoms with Crippen molar-refractivity contribution in [2.75, 3.05) is 33.2 Å². The monoisotopic (exact) mass is 225 g/mol. The van der Waals surface area contributed by atoms with Crippen molar-refractivity contribution in [2.24, 2.45) is 0 Å². The van der Waals surface area contributed by atoms with Crippen molar-refractivity contribution in [1.82, 2.24) is 15.1 Å². The molecule has 4 heteroatoms. The first kappa shape index (κ1) is 11.9. The van der Waals surface area contributed by atoms with Gasteiger partial charge in [0, 0.05) is 19.1 Å². The van der Waals surface area contributed by atoms with Crippen LogP contribution in [0.5, 0.6) is 0 Å². The third kappa shape index (κ3) is 2.38. The summed E-state index contributed by atoms with van der Waals surface area (Å²) >= 11 is 0. The summed E-state index contributed by atoms with van der Waals surface area (Å²) in [7, 11) is 2.17. The number of likely N-dealkylation sites (tertiary alicyclic amines) is 2.